The van der Waals surface area contributed by atoms with Gasteiger partial charge in [-0.25, -0.2) is 9.38 Å². The first-order valence-corrected chi connectivity index (χ1v) is 7.91. The molecule has 0 saturated heterocycles. The van der Waals surface area contributed by atoms with Crippen molar-refractivity contribution in [1.82, 2.24) is 10.6 Å². The summed E-state index contributed by atoms with van der Waals surface area (Å²) in [6.07, 6.45) is 3.18. The van der Waals surface area contributed by atoms with Gasteiger partial charge in [0.05, 0.1) is 6.54 Å². The molecule has 0 aromatic heterocycles. The maximum Gasteiger partial charge on any atom is 0.191 e. The van der Waals surface area contributed by atoms with Crippen LogP contribution < -0.4 is 10.6 Å². The lowest BCUT2D eigenvalue weighted by Gasteiger charge is -2.11. The Morgan fingerprint density at radius 2 is 2.11 bits per heavy atom. The molecule has 0 saturated carbocycles. The monoisotopic (exact) mass is 283 g/mol. The zero-order chi connectivity index (χ0) is 13.9. The first-order valence-electron chi connectivity index (χ1n) is 6.52. The summed E-state index contributed by atoms with van der Waals surface area (Å²) in [5.74, 6) is 1.66. The molecule has 3 nitrogen and oxygen atoms in total. The third-order valence-electron chi connectivity index (χ3n) is 2.53. The van der Waals surface area contributed by atoms with Crippen LogP contribution in [-0.2, 0) is 6.54 Å². The van der Waals surface area contributed by atoms with Crippen molar-refractivity contribution < 1.29 is 4.39 Å². The standard InChI is InChI=1S/C14H22FN3S/c1-3-16-14(17-9-6-10-19-2)18-11-12-7-4-5-8-13(12)15/h4-5,7-8H,3,6,9-11H2,1-2H3,(H2,16,17,18). The zero-order valence-electron chi connectivity index (χ0n) is 11.6. The topological polar surface area (TPSA) is 36.4 Å². The molecule has 0 radical (unpaired) electrons. The molecule has 1 aromatic rings. The predicted molar refractivity (Wildman–Crippen MR) is 82.2 cm³/mol. The zero-order valence-corrected chi connectivity index (χ0v) is 12.4. The predicted octanol–water partition coefficient (Wildman–Crippen LogP) is 2.63. The number of guanidine groups is 1. The van der Waals surface area contributed by atoms with E-state index in [1.165, 1.54) is 6.07 Å². The van der Waals surface area contributed by atoms with E-state index in [1.807, 2.05) is 24.8 Å². The van der Waals surface area contributed by atoms with E-state index < -0.39 is 0 Å². The van der Waals surface area contributed by atoms with Crippen molar-refractivity contribution in [3.8, 4) is 0 Å². The van der Waals surface area contributed by atoms with E-state index in [0.717, 1.165) is 31.2 Å². The number of halogens is 1. The van der Waals surface area contributed by atoms with Gasteiger partial charge in [0.15, 0.2) is 5.96 Å². The second-order valence-electron chi connectivity index (χ2n) is 4.06. The molecule has 106 valence electrons. The summed E-state index contributed by atoms with van der Waals surface area (Å²) in [6, 6.07) is 6.74. The number of hydrogen-bond donors (Lipinski definition) is 2. The second kappa shape index (κ2) is 9.67. The van der Waals surface area contributed by atoms with E-state index in [9.17, 15) is 4.39 Å². The minimum absolute atomic E-state index is 0.204. The van der Waals surface area contributed by atoms with Gasteiger partial charge in [-0.05, 0) is 31.4 Å². The summed E-state index contributed by atoms with van der Waals surface area (Å²) < 4.78 is 13.5. The van der Waals surface area contributed by atoms with E-state index in [2.05, 4.69) is 21.9 Å². The molecule has 0 unspecified atom stereocenters. The Hall–Kier alpha value is -1.23. The van der Waals surface area contributed by atoms with Gasteiger partial charge in [-0.3, -0.25) is 0 Å². The largest absolute Gasteiger partial charge is 0.357 e. The smallest absolute Gasteiger partial charge is 0.191 e. The molecule has 2 N–H and O–H groups in total. The van der Waals surface area contributed by atoms with Crippen LogP contribution in [0, 0.1) is 5.82 Å². The van der Waals surface area contributed by atoms with E-state index >= 15 is 0 Å². The third-order valence-corrected chi connectivity index (χ3v) is 3.22. The highest BCUT2D eigenvalue weighted by Gasteiger charge is 2.01. The van der Waals surface area contributed by atoms with Crippen LogP contribution in [0.4, 0.5) is 4.39 Å². The summed E-state index contributed by atoms with van der Waals surface area (Å²) in [5.41, 5.74) is 0.615. The van der Waals surface area contributed by atoms with Crippen LogP contribution >= 0.6 is 11.8 Å². The van der Waals surface area contributed by atoms with Crippen molar-refractivity contribution in [3.63, 3.8) is 0 Å². The molecule has 0 heterocycles. The van der Waals surface area contributed by atoms with Crippen molar-refractivity contribution in [2.45, 2.75) is 19.9 Å². The lowest BCUT2D eigenvalue weighted by atomic mass is 10.2. The van der Waals surface area contributed by atoms with Crippen molar-refractivity contribution >= 4 is 17.7 Å². The van der Waals surface area contributed by atoms with Crippen LogP contribution in [0.2, 0.25) is 0 Å². The quantitative estimate of drug-likeness (QED) is 0.459. The highest BCUT2D eigenvalue weighted by atomic mass is 32.2. The van der Waals surface area contributed by atoms with Gasteiger partial charge in [0.2, 0.25) is 0 Å². The molecule has 0 atom stereocenters. The fraction of sp³-hybridized carbons (Fsp3) is 0.500. The summed E-state index contributed by atoms with van der Waals surface area (Å²) in [6.45, 7) is 4.04. The molecule has 0 aliphatic rings. The Bertz CT molecular complexity index is 396. The maximum atomic E-state index is 13.5. The van der Waals surface area contributed by atoms with Gasteiger partial charge in [0.1, 0.15) is 5.82 Å². The Morgan fingerprint density at radius 1 is 1.32 bits per heavy atom. The molecule has 5 heteroatoms. The van der Waals surface area contributed by atoms with Gasteiger partial charge in [0.25, 0.3) is 0 Å². The minimum atomic E-state index is -0.204. The van der Waals surface area contributed by atoms with E-state index in [0.29, 0.717) is 12.1 Å². The number of rotatable bonds is 7. The van der Waals surface area contributed by atoms with Gasteiger partial charge in [0, 0.05) is 18.7 Å². The van der Waals surface area contributed by atoms with Gasteiger partial charge >= 0.3 is 0 Å². The second-order valence-corrected chi connectivity index (χ2v) is 5.05. The number of benzene rings is 1. The Kier molecular flexibility index (Phi) is 8.05. The lowest BCUT2D eigenvalue weighted by Crippen LogP contribution is -2.37. The lowest BCUT2D eigenvalue weighted by molar-refractivity contribution is 0.610. The van der Waals surface area contributed by atoms with Crippen LogP contribution in [0.1, 0.15) is 18.9 Å². The first kappa shape index (κ1) is 15.8. The minimum Gasteiger partial charge on any atom is -0.357 e. The Morgan fingerprint density at radius 3 is 2.79 bits per heavy atom. The first-order chi connectivity index (χ1) is 9.27. The summed E-state index contributed by atoms with van der Waals surface area (Å²) in [7, 11) is 0. The number of hydrogen-bond acceptors (Lipinski definition) is 2. The van der Waals surface area contributed by atoms with Crippen LogP contribution in [-0.4, -0.2) is 31.1 Å². The molecular formula is C14H22FN3S. The van der Waals surface area contributed by atoms with E-state index in [4.69, 9.17) is 0 Å². The average molecular weight is 283 g/mol. The van der Waals surface area contributed by atoms with E-state index in [-0.39, 0.29) is 5.82 Å². The van der Waals surface area contributed by atoms with Crippen molar-refractivity contribution in [3.05, 3.63) is 35.6 Å². The van der Waals surface area contributed by atoms with E-state index in [1.54, 1.807) is 12.1 Å². The molecule has 0 aliphatic carbocycles. The Balaban J connectivity index is 2.50. The molecule has 1 aromatic carbocycles. The fourth-order valence-electron chi connectivity index (χ4n) is 1.56. The van der Waals surface area contributed by atoms with Gasteiger partial charge in [-0.15, -0.1) is 0 Å². The molecule has 0 amide bonds. The summed E-state index contributed by atoms with van der Waals surface area (Å²) in [4.78, 5) is 4.39. The summed E-state index contributed by atoms with van der Waals surface area (Å²) in [5, 5.41) is 6.41. The van der Waals surface area contributed by atoms with Crippen molar-refractivity contribution in [1.29, 1.82) is 0 Å². The highest BCUT2D eigenvalue weighted by molar-refractivity contribution is 7.98. The summed E-state index contributed by atoms with van der Waals surface area (Å²) >= 11 is 1.83. The molecule has 0 fully saturated rings. The number of nitrogens with one attached hydrogen (secondary N) is 2. The molecule has 1 rings (SSSR count). The van der Waals surface area contributed by atoms with Gasteiger partial charge < -0.3 is 10.6 Å². The molecular weight excluding hydrogens is 261 g/mol. The van der Waals surface area contributed by atoms with Crippen LogP contribution in [0.25, 0.3) is 0 Å². The number of thioether (sulfide) groups is 1. The number of aliphatic imine (C=N–C) groups is 1. The molecule has 0 aliphatic heterocycles. The number of nitrogens with zero attached hydrogens (tertiary/aromatic N) is 1. The van der Waals surface area contributed by atoms with Crippen molar-refractivity contribution in [2.75, 3.05) is 25.1 Å². The SMILES string of the molecule is CCNC(=NCc1ccccc1F)NCCCSC. The highest BCUT2D eigenvalue weighted by Crippen LogP contribution is 2.07. The normalized spacial score (nSPS) is 11.4. The molecule has 19 heavy (non-hydrogen) atoms. The van der Waals surface area contributed by atoms with Crippen LogP contribution in [0.15, 0.2) is 29.3 Å². The van der Waals surface area contributed by atoms with Crippen LogP contribution in [0.3, 0.4) is 0 Å². The van der Waals surface area contributed by atoms with Gasteiger partial charge in [-0.1, -0.05) is 18.2 Å². The third kappa shape index (κ3) is 6.47. The van der Waals surface area contributed by atoms with Gasteiger partial charge in [-0.2, -0.15) is 11.8 Å². The maximum absolute atomic E-state index is 13.5. The Labute approximate surface area is 119 Å². The fourth-order valence-corrected chi connectivity index (χ4v) is 1.99. The van der Waals surface area contributed by atoms with Crippen molar-refractivity contribution in [2.24, 2.45) is 4.99 Å². The molecule has 0 bridgehead atoms. The molecule has 0 spiro atoms. The van der Waals surface area contributed by atoms with Crippen LogP contribution in [0.5, 0.6) is 0 Å². The average Bonchev–Trinajstić information content (AvgIpc) is 2.42.